The number of aryl methyl sites for hydroxylation is 1. The van der Waals surface area contributed by atoms with Crippen LogP contribution in [0.5, 0.6) is 11.6 Å². The molecular weight excluding hydrogens is 231 g/mol. The minimum atomic E-state index is -0.376. The Balaban J connectivity index is 2.37. The third-order valence-electron chi connectivity index (χ3n) is 2.65. The number of pyridine rings is 1. The number of hydrogen-bond donors (Lipinski definition) is 1. The van der Waals surface area contributed by atoms with Crippen LogP contribution in [0, 0.1) is 12.7 Å². The van der Waals surface area contributed by atoms with Crippen LogP contribution in [0.15, 0.2) is 36.5 Å². The van der Waals surface area contributed by atoms with Crippen molar-refractivity contribution in [3.63, 3.8) is 0 Å². The van der Waals surface area contributed by atoms with Crippen molar-refractivity contribution in [2.45, 2.75) is 19.9 Å². The molecule has 0 aliphatic heterocycles. The van der Waals surface area contributed by atoms with Gasteiger partial charge >= 0.3 is 0 Å². The third kappa shape index (κ3) is 2.49. The normalized spacial score (nSPS) is 12.2. The molecule has 0 spiro atoms. The largest absolute Gasteiger partial charge is 0.436 e. The van der Waals surface area contributed by atoms with Crippen LogP contribution in [0.4, 0.5) is 4.39 Å². The van der Waals surface area contributed by atoms with Crippen molar-refractivity contribution in [2.24, 2.45) is 5.73 Å². The molecule has 0 aliphatic carbocycles. The molecular formula is C14H15FN2O. The molecule has 3 nitrogen and oxygen atoms in total. The van der Waals surface area contributed by atoms with E-state index in [1.54, 1.807) is 37.4 Å². The zero-order valence-electron chi connectivity index (χ0n) is 10.4. The summed E-state index contributed by atoms with van der Waals surface area (Å²) >= 11 is 0. The molecule has 0 radical (unpaired) electrons. The Kier molecular flexibility index (Phi) is 3.58. The van der Waals surface area contributed by atoms with E-state index in [4.69, 9.17) is 10.5 Å². The summed E-state index contributed by atoms with van der Waals surface area (Å²) in [6.45, 7) is 3.52. The lowest BCUT2D eigenvalue weighted by Gasteiger charge is -2.13. The Labute approximate surface area is 105 Å². The van der Waals surface area contributed by atoms with Gasteiger partial charge in [-0.25, -0.2) is 9.37 Å². The monoisotopic (exact) mass is 246 g/mol. The van der Waals surface area contributed by atoms with Gasteiger partial charge in [-0.1, -0.05) is 18.2 Å². The summed E-state index contributed by atoms with van der Waals surface area (Å²) < 4.78 is 19.4. The number of aromatic nitrogens is 1. The summed E-state index contributed by atoms with van der Waals surface area (Å²) in [5.41, 5.74) is 7.10. The van der Waals surface area contributed by atoms with Gasteiger partial charge < -0.3 is 10.5 Å². The van der Waals surface area contributed by atoms with Crippen LogP contribution in [0.1, 0.15) is 24.1 Å². The first-order chi connectivity index (χ1) is 8.59. The zero-order chi connectivity index (χ0) is 13.1. The Bertz CT molecular complexity index is 555. The highest BCUT2D eigenvalue weighted by molar-refractivity contribution is 5.36. The Morgan fingerprint density at radius 1 is 1.28 bits per heavy atom. The predicted octanol–water partition coefficient (Wildman–Crippen LogP) is 3.34. The molecule has 0 amide bonds. The molecule has 0 fully saturated rings. The quantitative estimate of drug-likeness (QED) is 0.903. The Morgan fingerprint density at radius 2 is 2.06 bits per heavy atom. The number of halogens is 1. The summed E-state index contributed by atoms with van der Waals surface area (Å²) in [5, 5.41) is 0. The standard InChI is InChI=1S/C14H15FN2O/c1-9-5-3-7-12(13(9)15)18-14-11(10(2)16)6-4-8-17-14/h3-8,10H,16H2,1-2H3/t10-/m1/s1. The fraction of sp³-hybridized carbons (Fsp3) is 0.214. The van der Waals surface area contributed by atoms with E-state index < -0.39 is 0 Å². The van der Waals surface area contributed by atoms with E-state index in [0.29, 0.717) is 11.4 Å². The van der Waals surface area contributed by atoms with Crippen LogP contribution >= 0.6 is 0 Å². The minimum Gasteiger partial charge on any atom is -0.436 e. The average molecular weight is 246 g/mol. The van der Waals surface area contributed by atoms with Gasteiger partial charge in [0.15, 0.2) is 11.6 Å². The number of ether oxygens (including phenoxy) is 1. The highest BCUT2D eigenvalue weighted by Gasteiger charge is 2.12. The minimum absolute atomic E-state index is 0.163. The summed E-state index contributed by atoms with van der Waals surface area (Å²) in [4.78, 5) is 4.10. The molecule has 2 aromatic rings. The van der Waals surface area contributed by atoms with Gasteiger partial charge in [-0.3, -0.25) is 0 Å². The number of benzene rings is 1. The van der Waals surface area contributed by atoms with Gasteiger partial charge in [0.1, 0.15) is 0 Å². The maximum Gasteiger partial charge on any atom is 0.224 e. The maximum absolute atomic E-state index is 13.8. The van der Waals surface area contributed by atoms with E-state index in [0.717, 1.165) is 5.56 Å². The molecule has 0 saturated carbocycles. The van der Waals surface area contributed by atoms with Crippen molar-refractivity contribution < 1.29 is 9.13 Å². The molecule has 0 bridgehead atoms. The second kappa shape index (κ2) is 5.14. The van der Waals surface area contributed by atoms with Gasteiger partial charge in [0, 0.05) is 17.8 Å². The molecule has 1 atom stereocenters. The van der Waals surface area contributed by atoms with Crippen molar-refractivity contribution in [2.75, 3.05) is 0 Å². The van der Waals surface area contributed by atoms with Gasteiger partial charge in [0.25, 0.3) is 0 Å². The molecule has 0 unspecified atom stereocenters. The summed E-state index contributed by atoms with van der Waals surface area (Å²) in [7, 11) is 0. The van der Waals surface area contributed by atoms with E-state index in [1.807, 2.05) is 13.0 Å². The van der Waals surface area contributed by atoms with Crippen molar-refractivity contribution in [1.82, 2.24) is 4.98 Å². The lowest BCUT2D eigenvalue weighted by Crippen LogP contribution is -2.07. The fourth-order valence-corrected chi connectivity index (χ4v) is 1.64. The van der Waals surface area contributed by atoms with Crippen molar-refractivity contribution >= 4 is 0 Å². The van der Waals surface area contributed by atoms with E-state index in [1.165, 1.54) is 0 Å². The van der Waals surface area contributed by atoms with Gasteiger partial charge in [-0.2, -0.15) is 0 Å². The number of rotatable bonds is 3. The van der Waals surface area contributed by atoms with Gasteiger partial charge in [-0.05, 0) is 31.5 Å². The fourth-order valence-electron chi connectivity index (χ4n) is 1.64. The van der Waals surface area contributed by atoms with Gasteiger partial charge in [0.05, 0.1) is 0 Å². The first kappa shape index (κ1) is 12.5. The number of hydrogen-bond acceptors (Lipinski definition) is 3. The smallest absolute Gasteiger partial charge is 0.224 e. The number of nitrogens with zero attached hydrogens (tertiary/aromatic N) is 1. The van der Waals surface area contributed by atoms with Crippen LogP contribution in [0.2, 0.25) is 0 Å². The maximum atomic E-state index is 13.8. The molecule has 1 heterocycles. The highest BCUT2D eigenvalue weighted by Crippen LogP contribution is 2.29. The zero-order valence-corrected chi connectivity index (χ0v) is 10.4. The SMILES string of the molecule is Cc1cccc(Oc2ncccc2[C@@H](C)N)c1F. The summed E-state index contributed by atoms with van der Waals surface area (Å²) in [6, 6.07) is 8.37. The molecule has 4 heteroatoms. The Morgan fingerprint density at radius 3 is 2.78 bits per heavy atom. The first-order valence-electron chi connectivity index (χ1n) is 5.73. The van der Waals surface area contributed by atoms with E-state index in [2.05, 4.69) is 4.98 Å². The van der Waals surface area contributed by atoms with Crippen LogP contribution in [0.25, 0.3) is 0 Å². The van der Waals surface area contributed by atoms with E-state index in [-0.39, 0.29) is 17.6 Å². The Hall–Kier alpha value is -1.94. The molecule has 0 aliphatic rings. The van der Waals surface area contributed by atoms with Crippen molar-refractivity contribution in [1.29, 1.82) is 0 Å². The lowest BCUT2D eigenvalue weighted by atomic mass is 10.1. The second-order valence-electron chi connectivity index (χ2n) is 4.18. The third-order valence-corrected chi connectivity index (χ3v) is 2.65. The van der Waals surface area contributed by atoms with E-state index >= 15 is 0 Å². The van der Waals surface area contributed by atoms with Gasteiger partial charge in [0.2, 0.25) is 5.88 Å². The predicted molar refractivity (Wildman–Crippen MR) is 68.1 cm³/mol. The molecule has 1 aromatic heterocycles. The summed E-state index contributed by atoms with van der Waals surface area (Å²) in [5.74, 6) is 0.131. The molecule has 2 N–H and O–H groups in total. The topological polar surface area (TPSA) is 48.1 Å². The molecule has 18 heavy (non-hydrogen) atoms. The van der Waals surface area contributed by atoms with Crippen LogP contribution in [-0.2, 0) is 0 Å². The number of nitrogens with two attached hydrogens (primary N) is 1. The highest BCUT2D eigenvalue weighted by atomic mass is 19.1. The van der Waals surface area contributed by atoms with Crippen molar-refractivity contribution in [3.8, 4) is 11.6 Å². The molecule has 94 valence electrons. The molecule has 2 rings (SSSR count). The van der Waals surface area contributed by atoms with E-state index in [9.17, 15) is 4.39 Å². The van der Waals surface area contributed by atoms with Gasteiger partial charge in [-0.15, -0.1) is 0 Å². The second-order valence-corrected chi connectivity index (χ2v) is 4.18. The van der Waals surface area contributed by atoms with Crippen LogP contribution in [-0.4, -0.2) is 4.98 Å². The van der Waals surface area contributed by atoms with Crippen LogP contribution < -0.4 is 10.5 Å². The molecule has 0 saturated heterocycles. The molecule has 1 aromatic carbocycles. The first-order valence-corrected chi connectivity index (χ1v) is 5.73. The van der Waals surface area contributed by atoms with Crippen LogP contribution in [0.3, 0.4) is 0 Å². The summed E-state index contributed by atoms with van der Waals surface area (Å²) in [6.07, 6.45) is 1.59. The lowest BCUT2D eigenvalue weighted by molar-refractivity contribution is 0.418. The average Bonchev–Trinajstić information content (AvgIpc) is 2.35. The van der Waals surface area contributed by atoms with Crippen molar-refractivity contribution in [3.05, 3.63) is 53.5 Å².